The molecule has 1 aliphatic rings. The number of thiophene rings is 1. The van der Waals surface area contributed by atoms with Crippen LogP contribution in [0.5, 0.6) is 0 Å². The Bertz CT molecular complexity index is 1090. The first-order valence-electron chi connectivity index (χ1n) is 9.45. The third-order valence-electron chi connectivity index (χ3n) is 5.41. The van der Waals surface area contributed by atoms with Gasteiger partial charge in [0.25, 0.3) is 5.56 Å². The summed E-state index contributed by atoms with van der Waals surface area (Å²) >= 11 is 1.51. The Morgan fingerprint density at radius 3 is 2.79 bits per heavy atom. The fraction of sp³-hybridized carbons (Fsp3) is 0.381. The lowest BCUT2D eigenvalue weighted by molar-refractivity contribution is -0.131. The highest BCUT2D eigenvalue weighted by molar-refractivity contribution is 7.18. The number of hydrogen-bond donors (Lipinski definition) is 1. The van der Waals surface area contributed by atoms with Crippen molar-refractivity contribution in [3.05, 3.63) is 63.0 Å². The molecule has 7 heteroatoms. The maximum atomic E-state index is 12.8. The number of hydrogen-bond acceptors (Lipinski definition) is 5. The summed E-state index contributed by atoms with van der Waals surface area (Å²) in [7, 11) is 0. The summed E-state index contributed by atoms with van der Waals surface area (Å²) < 4.78 is 1.36. The van der Waals surface area contributed by atoms with Crippen molar-refractivity contribution in [3.63, 3.8) is 0 Å². The molecule has 1 N–H and O–H groups in total. The van der Waals surface area contributed by atoms with Gasteiger partial charge in [-0.1, -0.05) is 36.8 Å². The minimum atomic E-state index is -1.04. The summed E-state index contributed by atoms with van der Waals surface area (Å²) in [6, 6.07) is 9.61. The van der Waals surface area contributed by atoms with E-state index >= 15 is 0 Å². The Morgan fingerprint density at radius 1 is 1.32 bits per heavy atom. The van der Waals surface area contributed by atoms with E-state index in [1.165, 1.54) is 22.2 Å². The summed E-state index contributed by atoms with van der Waals surface area (Å²) in [4.78, 5) is 33.2. The number of benzene rings is 1. The third kappa shape index (κ3) is 3.36. The van der Waals surface area contributed by atoms with E-state index in [2.05, 4.69) is 4.98 Å². The molecular formula is C21H23N3O3S. The number of likely N-dealkylation sites (tertiary alicyclic amines) is 1. The lowest BCUT2D eigenvalue weighted by Gasteiger charge is -2.24. The van der Waals surface area contributed by atoms with Crippen molar-refractivity contribution in [2.45, 2.75) is 38.8 Å². The smallest absolute Gasteiger partial charge is 0.262 e. The highest BCUT2D eigenvalue weighted by Crippen LogP contribution is 2.32. The van der Waals surface area contributed by atoms with E-state index in [1.54, 1.807) is 4.90 Å². The molecule has 0 saturated carbocycles. The van der Waals surface area contributed by atoms with Crippen molar-refractivity contribution in [1.29, 1.82) is 0 Å². The van der Waals surface area contributed by atoms with Gasteiger partial charge in [-0.3, -0.25) is 14.2 Å². The Hall–Kier alpha value is -2.51. The second kappa shape index (κ2) is 7.14. The lowest BCUT2D eigenvalue weighted by atomic mass is 9.92. The first-order valence-corrected chi connectivity index (χ1v) is 10.3. The summed E-state index contributed by atoms with van der Waals surface area (Å²) in [5.41, 5.74) is 0.710. The number of carbonyl (C=O) groups is 1. The second-order valence-electron chi connectivity index (χ2n) is 7.43. The third-order valence-corrected chi connectivity index (χ3v) is 6.60. The van der Waals surface area contributed by atoms with E-state index < -0.39 is 5.60 Å². The molecule has 1 atom stereocenters. The molecule has 0 spiro atoms. The number of fused-ring (bicyclic) bond motifs is 1. The molecule has 3 aromatic rings. The van der Waals surface area contributed by atoms with Gasteiger partial charge >= 0.3 is 0 Å². The molecule has 0 bridgehead atoms. The minimum Gasteiger partial charge on any atom is -0.383 e. The molecule has 1 aromatic carbocycles. The van der Waals surface area contributed by atoms with Gasteiger partial charge in [-0.05, 0) is 31.4 Å². The molecule has 0 aliphatic carbocycles. The zero-order chi connectivity index (χ0) is 19.9. The van der Waals surface area contributed by atoms with E-state index in [0.717, 1.165) is 22.4 Å². The number of amides is 1. The van der Waals surface area contributed by atoms with Crippen LogP contribution in [0, 0.1) is 6.92 Å². The molecule has 0 radical (unpaired) electrons. The SMILES string of the molecule is CCc1cc2c(=O)n(CC(=O)N3CC[C@](O)(c4ccc(C)cc4)C3)cnc2s1. The van der Waals surface area contributed by atoms with Gasteiger partial charge in [0.05, 0.1) is 18.3 Å². The Labute approximate surface area is 167 Å². The van der Waals surface area contributed by atoms with Crippen LogP contribution in [0.25, 0.3) is 10.2 Å². The molecule has 28 heavy (non-hydrogen) atoms. The molecule has 0 unspecified atom stereocenters. The zero-order valence-electron chi connectivity index (χ0n) is 16.0. The first kappa shape index (κ1) is 18.8. The van der Waals surface area contributed by atoms with E-state index in [1.807, 2.05) is 44.2 Å². The van der Waals surface area contributed by atoms with Crippen LogP contribution in [0.15, 0.2) is 41.5 Å². The van der Waals surface area contributed by atoms with Crippen molar-refractivity contribution >= 4 is 27.5 Å². The number of carbonyl (C=O) groups excluding carboxylic acids is 1. The molecule has 1 fully saturated rings. The molecular weight excluding hydrogens is 374 g/mol. The zero-order valence-corrected chi connectivity index (χ0v) is 16.8. The maximum absolute atomic E-state index is 12.8. The van der Waals surface area contributed by atoms with E-state index in [0.29, 0.717) is 23.2 Å². The van der Waals surface area contributed by atoms with Crippen LogP contribution < -0.4 is 5.56 Å². The first-order chi connectivity index (χ1) is 13.4. The predicted molar refractivity (Wildman–Crippen MR) is 110 cm³/mol. The minimum absolute atomic E-state index is 0.0664. The van der Waals surface area contributed by atoms with Gasteiger partial charge in [0, 0.05) is 11.4 Å². The van der Waals surface area contributed by atoms with Crippen LogP contribution in [0.1, 0.15) is 29.3 Å². The summed E-state index contributed by atoms with van der Waals surface area (Å²) in [5.74, 6) is -0.183. The molecule has 3 heterocycles. The fourth-order valence-corrected chi connectivity index (χ4v) is 4.57. The van der Waals surface area contributed by atoms with Gasteiger partial charge in [0.2, 0.25) is 5.91 Å². The van der Waals surface area contributed by atoms with Crippen molar-refractivity contribution < 1.29 is 9.90 Å². The van der Waals surface area contributed by atoms with Gasteiger partial charge in [-0.2, -0.15) is 0 Å². The number of aromatic nitrogens is 2. The van der Waals surface area contributed by atoms with Crippen LogP contribution in [-0.4, -0.2) is 38.6 Å². The highest BCUT2D eigenvalue weighted by Gasteiger charge is 2.39. The van der Waals surface area contributed by atoms with Crippen molar-refractivity contribution in [2.24, 2.45) is 0 Å². The average molecular weight is 398 g/mol. The molecule has 1 amide bonds. The van der Waals surface area contributed by atoms with Crippen molar-refractivity contribution in [3.8, 4) is 0 Å². The Kier molecular flexibility index (Phi) is 4.81. The van der Waals surface area contributed by atoms with Crippen LogP contribution in [-0.2, 0) is 23.4 Å². The highest BCUT2D eigenvalue weighted by atomic mass is 32.1. The van der Waals surface area contributed by atoms with Gasteiger partial charge < -0.3 is 10.0 Å². The lowest BCUT2D eigenvalue weighted by Crippen LogP contribution is -2.38. The molecule has 6 nitrogen and oxygen atoms in total. The van der Waals surface area contributed by atoms with Crippen molar-refractivity contribution in [1.82, 2.24) is 14.5 Å². The number of β-amino-alcohol motifs (C(OH)–C–C–N with tert-alkyl or cyclic N) is 1. The van der Waals surface area contributed by atoms with E-state index in [9.17, 15) is 14.7 Å². The number of nitrogens with zero attached hydrogens (tertiary/aromatic N) is 3. The summed E-state index contributed by atoms with van der Waals surface area (Å²) in [6.45, 7) is 4.67. The molecule has 1 saturated heterocycles. The normalized spacial score (nSPS) is 19.5. The van der Waals surface area contributed by atoms with E-state index in [-0.39, 0.29) is 24.6 Å². The van der Waals surface area contributed by atoms with Gasteiger partial charge in [-0.25, -0.2) is 4.98 Å². The largest absolute Gasteiger partial charge is 0.383 e. The maximum Gasteiger partial charge on any atom is 0.262 e. The fourth-order valence-electron chi connectivity index (χ4n) is 3.65. The van der Waals surface area contributed by atoms with Crippen LogP contribution in [0.2, 0.25) is 0 Å². The second-order valence-corrected chi connectivity index (χ2v) is 8.54. The summed E-state index contributed by atoms with van der Waals surface area (Å²) in [5, 5.41) is 11.6. The standard InChI is InChI=1S/C21H23N3O3S/c1-3-16-10-17-19(28-16)22-13-24(20(17)26)11-18(25)23-9-8-21(27,12-23)15-6-4-14(2)5-7-15/h4-7,10,13,27H,3,8-9,11-12H2,1-2H3/t21-/m1/s1. The Balaban J connectivity index is 1.51. The molecule has 4 rings (SSSR count). The van der Waals surface area contributed by atoms with Crippen LogP contribution in [0.4, 0.5) is 0 Å². The van der Waals surface area contributed by atoms with Crippen molar-refractivity contribution in [2.75, 3.05) is 13.1 Å². The number of aryl methyl sites for hydroxylation is 2. The van der Waals surface area contributed by atoms with Gasteiger partial charge in [0.1, 0.15) is 17.0 Å². The quantitative estimate of drug-likeness (QED) is 0.734. The van der Waals surface area contributed by atoms with E-state index in [4.69, 9.17) is 0 Å². The topological polar surface area (TPSA) is 75.4 Å². The molecule has 1 aliphatic heterocycles. The monoisotopic (exact) mass is 397 g/mol. The summed E-state index contributed by atoms with van der Waals surface area (Å²) in [6.07, 6.45) is 2.78. The number of aliphatic hydroxyl groups is 1. The molecule has 2 aromatic heterocycles. The number of rotatable bonds is 4. The van der Waals surface area contributed by atoms with Gasteiger partial charge in [0.15, 0.2) is 0 Å². The molecule has 146 valence electrons. The van der Waals surface area contributed by atoms with Crippen LogP contribution >= 0.6 is 11.3 Å². The van der Waals surface area contributed by atoms with Gasteiger partial charge in [-0.15, -0.1) is 11.3 Å². The average Bonchev–Trinajstić information content (AvgIpc) is 3.29. The van der Waals surface area contributed by atoms with Crippen LogP contribution in [0.3, 0.4) is 0 Å². The predicted octanol–water partition coefficient (Wildman–Crippen LogP) is 2.45. The Morgan fingerprint density at radius 2 is 2.07 bits per heavy atom.